The van der Waals surface area contributed by atoms with E-state index in [4.69, 9.17) is 10.5 Å². The van der Waals surface area contributed by atoms with Crippen LogP contribution in [-0.2, 0) is 6.61 Å². The fourth-order valence-electron chi connectivity index (χ4n) is 1.51. The molecule has 0 radical (unpaired) electrons. The van der Waals surface area contributed by atoms with E-state index in [1.807, 2.05) is 18.2 Å². The summed E-state index contributed by atoms with van der Waals surface area (Å²) in [5.74, 6) is 5.64. The van der Waals surface area contributed by atoms with Crippen molar-refractivity contribution in [3.8, 4) is 17.6 Å². The van der Waals surface area contributed by atoms with Gasteiger partial charge in [-0.2, -0.15) is 0 Å². The minimum absolute atomic E-state index is 0.218. The van der Waals surface area contributed by atoms with E-state index in [1.165, 1.54) is 12.1 Å². The van der Waals surface area contributed by atoms with E-state index in [2.05, 4.69) is 16.8 Å². The Morgan fingerprint density at radius 3 is 2.89 bits per heavy atom. The van der Waals surface area contributed by atoms with Gasteiger partial charge in [-0.25, -0.2) is 4.39 Å². The van der Waals surface area contributed by atoms with Crippen molar-refractivity contribution in [3.63, 3.8) is 0 Å². The van der Waals surface area contributed by atoms with Gasteiger partial charge in [0.1, 0.15) is 18.2 Å². The van der Waals surface area contributed by atoms with E-state index in [9.17, 15) is 4.39 Å². The Bertz CT molecular complexity index is 603. The number of nitrogens with zero attached hydrogens (tertiary/aromatic N) is 1. The molecule has 0 aliphatic rings. The van der Waals surface area contributed by atoms with Crippen molar-refractivity contribution in [2.75, 3.05) is 6.54 Å². The molecule has 0 saturated heterocycles. The zero-order valence-corrected chi connectivity index (χ0v) is 10.3. The Morgan fingerprint density at radius 2 is 2.16 bits per heavy atom. The molecule has 1 aromatic carbocycles. The molecule has 0 unspecified atom stereocenters. The van der Waals surface area contributed by atoms with E-state index in [0.29, 0.717) is 17.9 Å². The normalized spacial score (nSPS) is 9.58. The molecule has 2 N–H and O–H groups in total. The summed E-state index contributed by atoms with van der Waals surface area (Å²) in [6.45, 7) is 0.528. The molecule has 0 spiro atoms. The average molecular weight is 256 g/mol. The van der Waals surface area contributed by atoms with Crippen LogP contribution in [0.4, 0.5) is 4.39 Å². The monoisotopic (exact) mass is 256 g/mol. The molecule has 96 valence electrons. The minimum atomic E-state index is -0.355. The van der Waals surface area contributed by atoms with Crippen LogP contribution < -0.4 is 10.5 Å². The third-order valence-corrected chi connectivity index (χ3v) is 2.37. The summed E-state index contributed by atoms with van der Waals surface area (Å²) in [5, 5.41) is 0. The van der Waals surface area contributed by atoms with Crippen molar-refractivity contribution >= 4 is 0 Å². The van der Waals surface area contributed by atoms with Crippen molar-refractivity contribution in [1.82, 2.24) is 4.98 Å². The lowest BCUT2D eigenvalue weighted by atomic mass is 10.2. The van der Waals surface area contributed by atoms with Crippen LogP contribution in [0.25, 0.3) is 0 Å². The number of ether oxygens (including phenoxy) is 1. The van der Waals surface area contributed by atoms with Crippen molar-refractivity contribution in [3.05, 3.63) is 59.7 Å². The SMILES string of the molecule is NCC#Cc1cc(F)ccc1OCc1ccccn1. The highest BCUT2D eigenvalue weighted by Gasteiger charge is 2.04. The van der Waals surface area contributed by atoms with Gasteiger partial charge in [-0.1, -0.05) is 17.9 Å². The van der Waals surface area contributed by atoms with Crippen LogP contribution in [0, 0.1) is 17.7 Å². The van der Waals surface area contributed by atoms with Crippen molar-refractivity contribution in [2.45, 2.75) is 6.61 Å². The van der Waals surface area contributed by atoms with Gasteiger partial charge in [0.25, 0.3) is 0 Å². The largest absolute Gasteiger partial charge is 0.486 e. The predicted molar refractivity (Wildman–Crippen MR) is 70.9 cm³/mol. The lowest BCUT2D eigenvalue weighted by Gasteiger charge is -2.07. The molecular formula is C15H13FN2O. The first-order valence-electron chi connectivity index (χ1n) is 5.81. The highest BCUT2D eigenvalue weighted by Crippen LogP contribution is 2.19. The topological polar surface area (TPSA) is 48.1 Å². The van der Waals surface area contributed by atoms with Crippen molar-refractivity contribution < 1.29 is 9.13 Å². The quantitative estimate of drug-likeness (QED) is 0.856. The standard InChI is InChI=1S/C15H13FN2O/c16-13-6-7-15(12(10-13)4-3-8-17)19-11-14-5-1-2-9-18-14/h1-2,5-7,9-10H,8,11,17H2. The zero-order chi connectivity index (χ0) is 13.5. The van der Waals surface area contributed by atoms with E-state index in [0.717, 1.165) is 5.69 Å². The smallest absolute Gasteiger partial charge is 0.135 e. The molecule has 4 heteroatoms. The van der Waals surface area contributed by atoms with Crippen LogP contribution in [0.3, 0.4) is 0 Å². The van der Waals surface area contributed by atoms with Gasteiger partial charge in [0.2, 0.25) is 0 Å². The van der Waals surface area contributed by atoms with E-state index in [1.54, 1.807) is 12.3 Å². The molecule has 0 aliphatic carbocycles. The summed E-state index contributed by atoms with van der Waals surface area (Å²) in [4.78, 5) is 4.15. The van der Waals surface area contributed by atoms with Crippen LogP contribution in [0.2, 0.25) is 0 Å². The highest BCUT2D eigenvalue weighted by molar-refractivity contribution is 5.46. The Labute approximate surface area is 111 Å². The average Bonchev–Trinajstić information content (AvgIpc) is 2.45. The molecule has 0 bridgehead atoms. The first-order chi connectivity index (χ1) is 9.29. The zero-order valence-electron chi connectivity index (χ0n) is 10.3. The Balaban J connectivity index is 2.15. The van der Waals surface area contributed by atoms with Gasteiger partial charge in [0.05, 0.1) is 17.8 Å². The maximum absolute atomic E-state index is 13.2. The number of halogens is 1. The van der Waals surface area contributed by atoms with Gasteiger partial charge < -0.3 is 10.5 Å². The summed E-state index contributed by atoms with van der Waals surface area (Å²) < 4.78 is 18.8. The van der Waals surface area contributed by atoms with Gasteiger partial charge in [0, 0.05) is 6.20 Å². The van der Waals surface area contributed by atoms with Gasteiger partial charge in [-0.05, 0) is 30.3 Å². The highest BCUT2D eigenvalue weighted by atomic mass is 19.1. The second-order valence-corrected chi connectivity index (χ2v) is 3.76. The number of pyridine rings is 1. The maximum Gasteiger partial charge on any atom is 0.135 e. The molecule has 0 amide bonds. The van der Waals surface area contributed by atoms with E-state index < -0.39 is 0 Å². The van der Waals surface area contributed by atoms with Crippen LogP contribution in [-0.4, -0.2) is 11.5 Å². The minimum Gasteiger partial charge on any atom is -0.486 e. The van der Waals surface area contributed by atoms with E-state index >= 15 is 0 Å². The molecule has 0 saturated carbocycles. The lowest BCUT2D eigenvalue weighted by molar-refractivity contribution is 0.300. The molecule has 3 nitrogen and oxygen atoms in total. The van der Waals surface area contributed by atoms with Crippen LogP contribution in [0.15, 0.2) is 42.6 Å². The van der Waals surface area contributed by atoms with E-state index in [-0.39, 0.29) is 12.4 Å². The molecule has 19 heavy (non-hydrogen) atoms. The molecule has 2 aromatic rings. The van der Waals surface area contributed by atoms with Crippen LogP contribution >= 0.6 is 0 Å². The summed E-state index contributed by atoms with van der Waals surface area (Å²) in [6.07, 6.45) is 1.69. The summed E-state index contributed by atoms with van der Waals surface area (Å²) >= 11 is 0. The van der Waals surface area contributed by atoms with Crippen molar-refractivity contribution in [2.24, 2.45) is 5.73 Å². The first-order valence-corrected chi connectivity index (χ1v) is 5.81. The fraction of sp³-hybridized carbons (Fsp3) is 0.133. The molecule has 1 heterocycles. The maximum atomic E-state index is 13.2. The molecule has 0 aliphatic heterocycles. The Kier molecular flexibility index (Phi) is 4.49. The summed E-state index contributed by atoms with van der Waals surface area (Å²) in [7, 11) is 0. The number of nitrogens with two attached hydrogens (primary N) is 1. The third kappa shape index (κ3) is 3.80. The summed E-state index contributed by atoms with van der Waals surface area (Å²) in [5.41, 5.74) is 6.59. The number of benzene rings is 1. The molecular weight excluding hydrogens is 243 g/mol. The van der Waals surface area contributed by atoms with Gasteiger partial charge >= 0.3 is 0 Å². The third-order valence-electron chi connectivity index (χ3n) is 2.37. The Morgan fingerprint density at radius 1 is 1.26 bits per heavy atom. The molecule has 2 rings (SSSR count). The summed E-state index contributed by atoms with van der Waals surface area (Å²) in [6, 6.07) is 9.79. The fourth-order valence-corrected chi connectivity index (χ4v) is 1.51. The Hall–Kier alpha value is -2.38. The van der Waals surface area contributed by atoms with Gasteiger partial charge in [-0.3, -0.25) is 4.98 Å². The lowest BCUT2D eigenvalue weighted by Crippen LogP contribution is -2.00. The number of aromatic nitrogens is 1. The number of hydrogen-bond acceptors (Lipinski definition) is 3. The van der Waals surface area contributed by atoms with Gasteiger partial charge in [0.15, 0.2) is 0 Å². The van der Waals surface area contributed by atoms with Gasteiger partial charge in [-0.15, -0.1) is 0 Å². The second-order valence-electron chi connectivity index (χ2n) is 3.76. The molecule has 0 atom stereocenters. The molecule has 1 aromatic heterocycles. The number of rotatable bonds is 3. The molecule has 0 fully saturated rings. The second kappa shape index (κ2) is 6.53. The number of hydrogen-bond donors (Lipinski definition) is 1. The van der Waals surface area contributed by atoms with Crippen LogP contribution in [0.5, 0.6) is 5.75 Å². The van der Waals surface area contributed by atoms with Crippen molar-refractivity contribution in [1.29, 1.82) is 0 Å². The van der Waals surface area contributed by atoms with Crippen LogP contribution in [0.1, 0.15) is 11.3 Å². The predicted octanol–water partition coefficient (Wildman–Crippen LogP) is 2.11. The first kappa shape index (κ1) is 13.1.